The topological polar surface area (TPSA) is 37.4 Å². The molecule has 0 spiro atoms. The Labute approximate surface area is 152 Å². The van der Waals surface area contributed by atoms with Gasteiger partial charge in [-0.05, 0) is 69.1 Å². The van der Waals surface area contributed by atoms with E-state index in [9.17, 15) is 0 Å². The van der Waals surface area contributed by atoms with Gasteiger partial charge in [0.2, 0.25) is 5.89 Å². The Bertz CT molecular complexity index is 704. The summed E-state index contributed by atoms with van der Waals surface area (Å²) in [7, 11) is 2.07. The van der Waals surface area contributed by atoms with Crippen molar-refractivity contribution in [3.8, 4) is 0 Å². The molecule has 1 fully saturated rings. The smallest absolute Gasteiger partial charge is 0.288 e. The van der Waals surface area contributed by atoms with E-state index in [1.165, 1.54) is 23.3 Å². The van der Waals surface area contributed by atoms with Gasteiger partial charge >= 0.3 is 0 Å². The zero-order valence-electron chi connectivity index (χ0n) is 14.3. The van der Waals surface area contributed by atoms with Gasteiger partial charge in [0.05, 0.1) is 13.2 Å². The average Bonchev–Trinajstić information content (AvgIpc) is 3.19. The minimum Gasteiger partial charge on any atom is -0.412 e. The van der Waals surface area contributed by atoms with E-state index in [0.29, 0.717) is 11.5 Å². The predicted molar refractivity (Wildman–Crippen MR) is 99.5 cm³/mol. The van der Waals surface area contributed by atoms with Crippen LogP contribution in [0.2, 0.25) is 0 Å². The van der Waals surface area contributed by atoms with Crippen molar-refractivity contribution in [1.82, 2.24) is 19.6 Å². The maximum absolute atomic E-state index is 5.65. The first-order valence-electron chi connectivity index (χ1n) is 8.25. The lowest BCUT2D eigenvalue weighted by atomic mass is 10.2. The van der Waals surface area contributed by atoms with Gasteiger partial charge in [-0.2, -0.15) is 0 Å². The Hall–Kier alpha value is -1.15. The molecule has 7 heteroatoms. The first-order chi connectivity index (χ1) is 11.6. The SMILES string of the molecule is CSc1ccc(CN(C)Cn2nc(CN3CCCC3)oc2=S)cc1. The molecule has 0 unspecified atom stereocenters. The van der Waals surface area contributed by atoms with Crippen molar-refractivity contribution in [2.75, 3.05) is 26.4 Å². The molecule has 1 aliphatic rings. The summed E-state index contributed by atoms with van der Waals surface area (Å²) in [6, 6.07) is 8.65. The van der Waals surface area contributed by atoms with Gasteiger partial charge in [0.15, 0.2) is 0 Å². The lowest BCUT2D eigenvalue weighted by Crippen LogP contribution is -2.23. The van der Waals surface area contributed by atoms with E-state index in [4.69, 9.17) is 16.6 Å². The van der Waals surface area contributed by atoms with Crippen LogP contribution in [0.25, 0.3) is 0 Å². The molecule has 1 aromatic carbocycles. The summed E-state index contributed by atoms with van der Waals surface area (Å²) in [5.74, 6) is 0.722. The van der Waals surface area contributed by atoms with E-state index in [2.05, 4.69) is 52.5 Å². The van der Waals surface area contributed by atoms with Gasteiger partial charge in [0.25, 0.3) is 4.84 Å². The molecule has 0 N–H and O–H groups in total. The van der Waals surface area contributed by atoms with Crippen molar-refractivity contribution in [3.63, 3.8) is 0 Å². The van der Waals surface area contributed by atoms with Crippen LogP contribution < -0.4 is 0 Å². The van der Waals surface area contributed by atoms with E-state index in [-0.39, 0.29) is 0 Å². The fraction of sp³-hybridized carbons (Fsp3) is 0.529. The molecule has 5 nitrogen and oxygen atoms in total. The van der Waals surface area contributed by atoms with E-state index < -0.39 is 0 Å². The summed E-state index contributed by atoms with van der Waals surface area (Å²) in [4.78, 5) is 6.29. The number of hydrogen-bond donors (Lipinski definition) is 0. The molecular weight excluding hydrogens is 340 g/mol. The summed E-state index contributed by atoms with van der Waals surface area (Å²) in [6.45, 7) is 4.50. The molecule has 0 radical (unpaired) electrons. The minimum atomic E-state index is 0.453. The number of benzene rings is 1. The number of thioether (sulfide) groups is 1. The van der Waals surface area contributed by atoms with Crippen LogP contribution in [0.4, 0.5) is 0 Å². The zero-order valence-corrected chi connectivity index (χ0v) is 15.9. The minimum absolute atomic E-state index is 0.453. The van der Waals surface area contributed by atoms with Crippen molar-refractivity contribution >= 4 is 24.0 Å². The highest BCUT2D eigenvalue weighted by atomic mass is 32.2. The highest BCUT2D eigenvalue weighted by Gasteiger charge is 2.16. The Morgan fingerprint density at radius 2 is 1.96 bits per heavy atom. The Kier molecular flexibility index (Phi) is 6.10. The quantitative estimate of drug-likeness (QED) is 0.552. The second-order valence-corrected chi connectivity index (χ2v) is 7.48. The Morgan fingerprint density at radius 3 is 2.62 bits per heavy atom. The fourth-order valence-corrected chi connectivity index (χ4v) is 3.56. The van der Waals surface area contributed by atoms with Crippen LogP contribution in [0.1, 0.15) is 24.3 Å². The summed E-state index contributed by atoms with van der Waals surface area (Å²) < 4.78 is 7.43. The predicted octanol–water partition coefficient (Wildman–Crippen LogP) is 3.61. The van der Waals surface area contributed by atoms with Crippen LogP contribution in [-0.2, 0) is 19.8 Å². The van der Waals surface area contributed by atoms with E-state index in [1.54, 1.807) is 16.4 Å². The lowest BCUT2D eigenvalue weighted by molar-refractivity contribution is 0.240. The van der Waals surface area contributed by atoms with Gasteiger partial charge in [0, 0.05) is 11.4 Å². The van der Waals surface area contributed by atoms with Crippen molar-refractivity contribution in [1.29, 1.82) is 0 Å². The molecule has 2 heterocycles. The number of rotatable bonds is 7. The van der Waals surface area contributed by atoms with E-state index in [1.807, 2.05) is 0 Å². The Balaban J connectivity index is 1.57. The fourth-order valence-electron chi connectivity index (χ4n) is 2.96. The van der Waals surface area contributed by atoms with Crippen LogP contribution in [0, 0.1) is 4.84 Å². The third kappa shape index (κ3) is 4.69. The van der Waals surface area contributed by atoms with Crippen molar-refractivity contribution in [3.05, 3.63) is 40.6 Å². The lowest BCUT2D eigenvalue weighted by Gasteiger charge is -2.16. The molecule has 24 heavy (non-hydrogen) atoms. The van der Waals surface area contributed by atoms with Crippen LogP contribution in [0.15, 0.2) is 33.6 Å². The van der Waals surface area contributed by atoms with Gasteiger partial charge in [-0.3, -0.25) is 9.80 Å². The third-order valence-electron chi connectivity index (χ3n) is 4.19. The van der Waals surface area contributed by atoms with Crippen molar-refractivity contribution in [2.45, 2.75) is 37.5 Å². The standard InChI is InChI=1S/C17H24N4OS2/c1-19(11-14-5-7-15(24-2)8-6-14)13-21-17(23)22-16(18-21)12-20-9-3-4-10-20/h5-8H,3-4,9-13H2,1-2H3. The maximum Gasteiger partial charge on any atom is 0.288 e. The van der Waals surface area contributed by atoms with E-state index in [0.717, 1.165) is 32.1 Å². The van der Waals surface area contributed by atoms with Crippen LogP contribution in [-0.4, -0.2) is 46.0 Å². The van der Waals surface area contributed by atoms with Crippen LogP contribution >= 0.6 is 24.0 Å². The number of hydrogen-bond acceptors (Lipinski definition) is 6. The van der Waals surface area contributed by atoms with Crippen molar-refractivity contribution < 1.29 is 4.42 Å². The first kappa shape index (κ1) is 17.7. The van der Waals surface area contributed by atoms with Gasteiger partial charge in [0.1, 0.15) is 0 Å². The molecule has 2 aromatic rings. The van der Waals surface area contributed by atoms with Gasteiger partial charge in [-0.15, -0.1) is 16.9 Å². The molecule has 1 aliphatic heterocycles. The summed E-state index contributed by atoms with van der Waals surface area (Å²) in [5.41, 5.74) is 1.28. The molecule has 0 bridgehead atoms. The molecule has 0 atom stereocenters. The van der Waals surface area contributed by atoms with Gasteiger partial charge in [-0.1, -0.05) is 12.1 Å². The van der Waals surface area contributed by atoms with Crippen molar-refractivity contribution in [2.24, 2.45) is 0 Å². The highest BCUT2D eigenvalue weighted by Crippen LogP contribution is 2.16. The number of nitrogens with zero attached hydrogens (tertiary/aromatic N) is 4. The number of likely N-dealkylation sites (tertiary alicyclic amines) is 1. The van der Waals surface area contributed by atoms with Gasteiger partial charge < -0.3 is 4.42 Å². The molecule has 1 aromatic heterocycles. The number of aromatic nitrogens is 2. The molecule has 1 saturated heterocycles. The largest absolute Gasteiger partial charge is 0.412 e. The second kappa shape index (κ2) is 8.29. The molecule has 0 aliphatic carbocycles. The van der Waals surface area contributed by atoms with E-state index >= 15 is 0 Å². The summed E-state index contributed by atoms with van der Waals surface area (Å²) >= 11 is 7.07. The average molecular weight is 365 g/mol. The third-order valence-corrected chi connectivity index (χ3v) is 5.23. The summed E-state index contributed by atoms with van der Waals surface area (Å²) in [6.07, 6.45) is 4.62. The molecule has 0 saturated carbocycles. The normalized spacial score (nSPS) is 15.5. The maximum atomic E-state index is 5.65. The molecule has 130 valence electrons. The van der Waals surface area contributed by atoms with Gasteiger partial charge in [-0.25, -0.2) is 4.68 Å². The Morgan fingerprint density at radius 1 is 1.25 bits per heavy atom. The zero-order chi connectivity index (χ0) is 16.9. The first-order valence-corrected chi connectivity index (χ1v) is 9.88. The second-order valence-electron chi connectivity index (χ2n) is 6.25. The molecule has 3 rings (SSSR count). The van der Waals surface area contributed by atoms with Crippen LogP contribution in [0.3, 0.4) is 0 Å². The highest BCUT2D eigenvalue weighted by molar-refractivity contribution is 7.98. The molecule has 0 amide bonds. The monoisotopic (exact) mass is 364 g/mol. The summed E-state index contributed by atoms with van der Waals surface area (Å²) in [5, 5.41) is 4.54. The molecular formula is C17H24N4OS2. The van der Waals surface area contributed by atoms with Crippen LogP contribution in [0.5, 0.6) is 0 Å².